The van der Waals surface area contributed by atoms with E-state index in [-0.39, 0.29) is 6.61 Å². The molecule has 0 radical (unpaired) electrons. The molecule has 3 nitrogen and oxygen atoms in total. The van der Waals surface area contributed by atoms with Crippen LogP contribution in [0.25, 0.3) is 0 Å². The fraction of sp³-hybridized carbons (Fsp3) is 1.00. The lowest BCUT2D eigenvalue weighted by Gasteiger charge is -2.37. The fourth-order valence-corrected chi connectivity index (χ4v) is 2.18. The van der Waals surface area contributed by atoms with E-state index >= 15 is 0 Å². The van der Waals surface area contributed by atoms with Crippen LogP contribution in [0.1, 0.15) is 53.4 Å². The monoisotopic (exact) mass is 231 g/mol. The van der Waals surface area contributed by atoms with E-state index in [2.05, 4.69) is 18.7 Å². The van der Waals surface area contributed by atoms with E-state index in [0.717, 1.165) is 25.7 Å². The molecule has 0 spiro atoms. The van der Waals surface area contributed by atoms with Gasteiger partial charge >= 0.3 is 0 Å². The predicted octanol–water partition coefficient (Wildman–Crippen LogP) is 2.02. The molecule has 0 heterocycles. The first-order chi connectivity index (χ1) is 7.56. The molecular weight excluding hydrogens is 202 g/mol. The third kappa shape index (κ3) is 4.81. The molecule has 2 N–H and O–H groups in total. The Bertz CT molecular complexity index is 165. The first-order valence-corrected chi connectivity index (χ1v) is 6.64. The number of aliphatic hydroxyl groups excluding tert-OH is 1. The quantitative estimate of drug-likeness (QED) is 0.638. The molecule has 0 aromatic heterocycles. The van der Waals surface area contributed by atoms with Crippen molar-refractivity contribution in [1.29, 1.82) is 0 Å². The highest BCUT2D eigenvalue weighted by Crippen LogP contribution is 2.19. The van der Waals surface area contributed by atoms with Gasteiger partial charge < -0.3 is 10.2 Å². The maximum atomic E-state index is 10.3. The number of aliphatic hydroxyl groups is 2. The van der Waals surface area contributed by atoms with Crippen LogP contribution in [-0.2, 0) is 0 Å². The topological polar surface area (TPSA) is 43.7 Å². The zero-order chi connectivity index (χ0) is 12.6. The van der Waals surface area contributed by atoms with Crippen molar-refractivity contribution >= 4 is 0 Å². The van der Waals surface area contributed by atoms with E-state index in [1.54, 1.807) is 0 Å². The molecule has 0 fully saturated rings. The van der Waals surface area contributed by atoms with Gasteiger partial charge in [-0.1, -0.05) is 27.7 Å². The van der Waals surface area contributed by atoms with Crippen LogP contribution in [0.2, 0.25) is 0 Å². The molecule has 0 amide bonds. The highest BCUT2D eigenvalue weighted by molar-refractivity contribution is 4.82. The van der Waals surface area contributed by atoms with Crippen molar-refractivity contribution in [1.82, 2.24) is 4.90 Å². The van der Waals surface area contributed by atoms with E-state index in [1.807, 2.05) is 13.8 Å². The normalized spacial score (nSPS) is 12.8. The van der Waals surface area contributed by atoms with Gasteiger partial charge in [0.05, 0.1) is 12.2 Å². The summed E-state index contributed by atoms with van der Waals surface area (Å²) in [7, 11) is 0. The van der Waals surface area contributed by atoms with Crippen LogP contribution in [-0.4, -0.2) is 46.5 Å². The molecule has 0 unspecified atom stereocenters. The molecule has 0 bridgehead atoms. The molecule has 0 saturated carbocycles. The lowest BCUT2D eigenvalue weighted by atomic mass is 9.95. The maximum Gasteiger partial charge on any atom is 0.0769 e. The third-order valence-electron chi connectivity index (χ3n) is 3.66. The Balaban J connectivity index is 4.52. The smallest absolute Gasteiger partial charge is 0.0769 e. The SMILES string of the molecule is CCC(CC)N(CCO)CC(O)(CC)CC. The summed E-state index contributed by atoms with van der Waals surface area (Å²) in [6, 6.07) is 0.469. The molecule has 3 heteroatoms. The maximum absolute atomic E-state index is 10.3. The molecule has 0 aliphatic rings. The summed E-state index contributed by atoms with van der Waals surface area (Å²) in [6.07, 6.45) is 3.68. The van der Waals surface area contributed by atoms with Crippen molar-refractivity contribution in [3.63, 3.8) is 0 Å². The highest BCUT2D eigenvalue weighted by Gasteiger charge is 2.27. The van der Waals surface area contributed by atoms with Crippen molar-refractivity contribution in [2.24, 2.45) is 0 Å². The minimum Gasteiger partial charge on any atom is -0.395 e. The van der Waals surface area contributed by atoms with Crippen LogP contribution in [0.4, 0.5) is 0 Å². The van der Waals surface area contributed by atoms with Crippen LogP contribution < -0.4 is 0 Å². The molecule has 0 saturated heterocycles. The molecule has 98 valence electrons. The summed E-state index contributed by atoms with van der Waals surface area (Å²) >= 11 is 0. The standard InChI is InChI=1S/C13H29NO2/c1-5-12(6-2)14(9-10-15)11-13(16,7-3)8-4/h12,15-16H,5-11H2,1-4H3. The molecule has 0 rings (SSSR count). The molecule has 16 heavy (non-hydrogen) atoms. The van der Waals surface area contributed by atoms with Crippen molar-refractivity contribution < 1.29 is 10.2 Å². The summed E-state index contributed by atoms with van der Waals surface area (Å²) in [5, 5.41) is 19.4. The Morgan fingerprint density at radius 2 is 1.56 bits per heavy atom. The second-order valence-corrected chi connectivity index (χ2v) is 4.60. The summed E-state index contributed by atoms with van der Waals surface area (Å²) in [6.45, 7) is 9.87. The largest absolute Gasteiger partial charge is 0.395 e. The van der Waals surface area contributed by atoms with Gasteiger partial charge in [0.1, 0.15) is 0 Å². The van der Waals surface area contributed by atoms with E-state index < -0.39 is 5.60 Å². The first kappa shape index (κ1) is 15.9. The van der Waals surface area contributed by atoms with Gasteiger partial charge in [-0.3, -0.25) is 4.90 Å². The summed E-state index contributed by atoms with van der Waals surface area (Å²) in [5.74, 6) is 0. The van der Waals surface area contributed by atoms with Gasteiger partial charge in [0, 0.05) is 19.1 Å². The van der Waals surface area contributed by atoms with E-state index in [9.17, 15) is 5.11 Å². The zero-order valence-electron chi connectivity index (χ0n) is 11.4. The molecule has 0 aromatic rings. The van der Waals surface area contributed by atoms with Crippen molar-refractivity contribution in [3.8, 4) is 0 Å². The zero-order valence-corrected chi connectivity index (χ0v) is 11.4. The first-order valence-electron chi connectivity index (χ1n) is 6.64. The lowest BCUT2D eigenvalue weighted by molar-refractivity contribution is -0.0202. The minimum atomic E-state index is -0.599. The van der Waals surface area contributed by atoms with Gasteiger partial charge in [-0.15, -0.1) is 0 Å². The fourth-order valence-electron chi connectivity index (χ4n) is 2.18. The number of rotatable bonds is 9. The second-order valence-electron chi connectivity index (χ2n) is 4.60. The summed E-state index contributed by atoms with van der Waals surface area (Å²) in [5.41, 5.74) is -0.599. The van der Waals surface area contributed by atoms with Crippen LogP contribution in [0.3, 0.4) is 0 Å². The Morgan fingerprint density at radius 3 is 1.88 bits per heavy atom. The van der Waals surface area contributed by atoms with E-state index in [4.69, 9.17) is 5.11 Å². The van der Waals surface area contributed by atoms with Crippen LogP contribution in [0.5, 0.6) is 0 Å². The molecule has 0 atom stereocenters. The number of nitrogens with zero attached hydrogens (tertiary/aromatic N) is 1. The van der Waals surface area contributed by atoms with E-state index in [1.165, 1.54) is 0 Å². The van der Waals surface area contributed by atoms with Gasteiger partial charge in [0.25, 0.3) is 0 Å². The minimum absolute atomic E-state index is 0.167. The van der Waals surface area contributed by atoms with Gasteiger partial charge in [-0.05, 0) is 25.7 Å². The van der Waals surface area contributed by atoms with Crippen LogP contribution in [0.15, 0.2) is 0 Å². The molecule has 0 aliphatic heterocycles. The van der Waals surface area contributed by atoms with Crippen molar-refractivity contribution in [2.75, 3.05) is 19.7 Å². The Kier molecular flexibility index (Phi) is 7.98. The van der Waals surface area contributed by atoms with Crippen molar-refractivity contribution in [2.45, 2.75) is 65.0 Å². The third-order valence-corrected chi connectivity index (χ3v) is 3.66. The number of hydrogen-bond acceptors (Lipinski definition) is 3. The summed E-state index contributed by atoms with van der Waals surface area (Å²) in [4.78, 5) is 2.23. The van der Waals surface area contributed by atoms with Crippen LogP contribution in [0, 0.1) is 0 Å². The molecular formula is C13H29NO2. The average Bonchev–Trinajstić information content (AvgIpc) is 2.30. The van der Waals surface area contributed by atoms with E-state index in [0.29, 0.717) is 19.1 Å². The molecule has 0 aliphatic carbocycles. The van der Waals surface area contributed by atoms with Gasteiger partial charge in [-0.2, -0.15) is 0 Å². The average molecular weight is 231 g/mol. The lowest BCUT2D eigenvalue weighted by Crippen LogP contribution is -2.47. The molecule has 0 aromatic carbocycles. The Hall–Kier alpha value is -0.120. The van der Waals surface area contributed by atoms with Crippen molar-refractivity contribution in [3.05, 3.63) is 0 Å². The van der Waals surface area contributed by atoms with Gasteiger partial charge in [0.15, 0.2) is 0 Å². The highest BCUT2D eigenvalue weighted by atomic mass is 16.3. The number of hydrogen-bond donors (Lipinski definition) is 2. The van der Waals surface area contributed by atoms with Gasteiger partial charge in [-0.25, -0.2) is 0 Å². The Labute approximate surface area is 100 Å². The predicted molar refractivity (Wildman–Crippen MR) is 68.6 cm³/mol. The summed E-state index contributed by atoms with van der Waals surface area (Å²) < 4.78 is 0. The van der Waals surface area contributed by atoms with Crippen LogP contribution >= 0.6 is 0 Å². The van der Waals surface area contributed by atoms with Gasteiger partial charge in [0.2, 0.25) is 0 Å². The Morgan fingerprint density at radius 1 is 1.06 bits per heavy atom. The second kappa shape index (κ2) is 8.04.